The van der Waals surface area contributed by atoms with E-state index in [1.165, 1.54) is 7.05 Å². The zero-order chi connectivity index (χ0) is 19.8. The van der Waals surface area contributed by atoms with Crippen molar-refractivity contribution < 1.29 is 22.4 Å². The van der Waals surface area contributed by atoms with Gasteiger partial charge in [-0.25, -0.2) is 4.39 Å². The van der Waals surface area contributed by atoms with Gasteiger partial charge in [0.1, 0.15) is 5.82 Å². The first kappa shape index (κ1) is 18.9. The molecule has 1 amide bonds. The van der Waals surface area contributed by atoms with Crippen LogP contribution in [0.2, 0.25) is 5.02 Å². The van der Waals surface area contributed by atoms with Crippen LogP contribution in [-0.4, -0.2) is 15.7 Å². The van der Waals surface area contributed by atoms with Gasteiger partial charge in [0.15, 0.2) is 5.69 Å². The topological polar surface area (TPSA) is 46.9 Å². The van der Waals surface area contributed by atoms with Gasteiger partial charge in [-0.2, -0.15) is 18.3 Å². The van der Waals surface area contributed by atoms with Crippen LogP contribution >= 0.6 is 11.6 Å². The number of aromatic nitrogens is 2. The van der Waals surface area contributed by atoms with E-state index in [1.54, 1.807) is 30.3 Å². The molecule has 1 N–H and O–H groups in total. The third-order valence-corrected chi connectivity index (χ3v) is 4.03. The molecule has 0 aliphatic carbocycles. The lowest BCUT2D eigenvalue weighted by Crippen LogP contribution is -2.18. The summed E-state index contributed by atoms with van der Waals surface area (Å²) >= 11 is 5.79. The first-order chi connectivity index (χ1) is 12.7. The Morgan fingerprint density at radius 1 is 1.19 bits per heavy atom. The molecule has 0 radical (unpaired) electrons. The van der Waals surface area contributed by atoms with Crippen molar-refractivity contribution in [2.75, 3.05) is 5.32 Å². The zero-order valence-corrected chi connectivity index (χ0v) is 14.6. The lowest BCUT2D eigenvalue weighted by atomic mass is 10.0. The molecule has 9 heteroatoms. The van der Waals surface area contributed by atoms with E-state index in [1.807, 2.05) is 0 Å². The van der Waals surface area contributed by atoms with Crippen LogP contribution in [0.25, 0.3) is 11.1 Å². The second-order valence-corrected chi connectivity index (χ2v) is 6.10. The maximum absolute atomic E-state index is 13.9. The third-order valence-electron chi connectivity index (χ3n) is 3.74. The monoisotopic (exact) mass is 397 g/mol. The Kier molecular flexibility index (Phi) is 4.93. The predicted octanol–water partition coefficient (Wildman–Crippen LogP) is 5.15. The molecule has 1 aromatic heterocycles. The van der Waals surface area contributed by atoms with Gasteiger partial charge in [0.05, 0.1) is 16.3 Å². The van der Waals surface area contributed by atoms with E-state index in [4.69, 9.17) is 11.6 Å². The number of alkyl halides is 3. The summed E-state index contributed by atoms with van der Waals surface area (Å²) in [5.41, 5.74) is -1.04. The Morgan fingerprint density at radius 3 is 2.48 bits per heavy atom. The van der Waals surface area contributed by atoms with Crippen molar-refractivity contribution in [3.8, 4) is 11.1 Å². The van der Waals surface area contributed by atoms with Crippen LogP contribution in [0.15, 0.2) is 48.7 Å². The van der Waals surface area contributed by atoms with E-state index in [0.717, 1.165) is 23.0 Å². The van der Waals surface area contributed by atoms with Crippen LogP contribution in [0.5, 0.6) is 0 Å². The van der Waals surface area contributed by atoms with E-state index in [-0.39, 0.29) is 16.3 Å². The van der Waals surface area contributed by atoms with Crippen molar-refractivity contribution in [3.05, 3.63) is 70.8 Å². The van der Waals surface area contributed by atoms with Gasteiger partial charge in [-0.3, -0.25) is 9.48 Å². The van der Waals surface area contributed by atoms with Crippen LogP contribution in [-0.2, 0) is 13.2 Å². The van der Waals surface area contributed by atoms with Gasteiger partial charge in [0, 0.05) is 18.8 Å². The Labute approximate surface area is 156 Å². The van der Waals surface area contributed by atoms with E-state index in [2.05, 4.69) is 10.4 Å². The lowest BCUT2D eigenvalue weighted by molar-refractivity contribution is -0.141. The molecule has 0 bridgehead atoms. The van der Waals surface area contributed by atoms with Crippen molar-refractivity contribution in [3.63, 3.8) is 0 Å². The number of nitrogens with zero attached hydrogens (tertiary/aromatic N) is 2. The molecule has 0 spiro atoms. The molecule has 1 heterocycles. The first-order valence-electron chi connectivity index (χ1n) is 7.63. The van der Waals surface area contributed by atoms with Crippen LogP contribution in [0.1, 0.15) is 16.1 Å². The highest BCUT2D eigenvalue weighted by molar-refractivity contribution is 6.31. The summed E-state index contributed by atoms with van der Waals surface area (Å²) in [6, 6.07) is 10.8. The number of hydrogen-bond donors (Lipinski definition) is 1. The fourth-order valence-corrected chi connectivity index (χ4v) is 2.72. The maximum atomic E-state index is 13.9. The number of halogens is 5. The fourth-order valence-electron chi connectivity index (χ4n) is 2.56. The summed E-state index contributed by atoms with van der Waals surface area (Å²) in [6.07, 6.45) is -3.83. The Morgan fingerprint density at radius 2 is 1.85 bits per heavy atom. The summed E-state index contributed by atoms with van der Waals surface area (Å²) in [5, 5.41) is 5.41. The van der Waals surface area contributed by atoms with E-state index >= 15 is 0 Å². The molecule has 0 saturated heterocycles. The molecule has 0 fully saturated rings. The summed E-state index contributed by atoms with van der Waals surface area (Å²) in [4.78, 5) is 12.5. The average Bonchev–Trinajstić information content (AvgIpc) is 3.01. The van der Waals surface area contributed by atoms with Crippen LogP contribution in [0.4, 0.5) is 23.2 Å². The fraction of sp³-hybridized carbons (Fsp3) is 0.111. The average molecular weight is 398 g/mol. The predicted molar refractivity (Wildman–Crippen MR) is 93.0 cm³/mol. The van der Waals surface area contributed by atoms with Gasteiger partial charge in [-0.1, -0.05) is 41.9 Å². The maximum Gasteiger partial charge on any atom is 0.435 e. The first-order valence-corrected chi connectivity index (χ1v) is 8.01. The molecule has 0 unspecified atom stereocenters. The molecule has 2 aromatic carbocycles. The Balaban J connectivity index is 2.04. The number of carbonyl (C=O) groups excluding carboxylic acids is 1. The number of anilines is 1. The summed E-state index contributed by atoms with van der Waals surface area (Å²) in [7, 11) is 1.27. The quantitative estimate of drug-likeness (QED) is 0.621. The largest absolute Gasteiger partial charge is 0.435 e. The summed E-state index contributed by atoms with van der Waals surface area (Å²) in [6.45, 7) is 0. The number of carbonyl (C=O) groups is 1. The zero-order valence-electron chi connectivity index (χ0n) is 13.8. The molecule has 0 saturated carbocycles. The van der Waals surface area contributed by atoms with Gasteiger partial charge >= 0.3 is 6.18 Å². The van der Waals surface area contributed by atoms with Crippen molar-refractivity contribution in [2.45, 2.75) is 6.18 Å². The third kappa shape index (κ3) is 3.95. The second kappa shape index (κ2) is 7.03. The number of rotatable bonds is 3. The number of amides is 1. The molecule has 4 nitrogen and oxygen atoms in total. The Bertz CT molecular complexity index is 1000. The molecule has 0 atom stereocenters. The van der Waals surface area contributed by atoms with Crippen LogP contribution in [0.3, 0.4) is 0 Å². The standard InChI is InChI=1S/C18H12ClF4N3O/c1-26-9-12(16(25-26)18(21,22)23)17(27)24-15-8-13(19)14(20)7-11(15)10-5-3-2-4-6-10/h2-9H,1H3,(H,24,27). The second-order valence-electron chi connectivity index (χ2n) is 5.69. The van der Waals surface area contributed by atoms with Gasteiger partial charge in [0.2, 0.25) is 0 Å². The lowest BCUT2D eigenvalue weighted by Gasteiger charge is -2.13. The molecule has 0 aliphatic rings. The number of aryl methyl sites for hydroxylation is 1. The summed E-state index contributed by atoms with van der Waals surface area (Å²) in [5.74, 6) is -1.75. The van der Waals surface area contributed by atoms with Crippen LogP contribution in [0, 0.1) is 5.82 Å². The number of benzene rings is 2. The minimum absolute atomic E-state index is 0.0783. The Hall–Kier alpha value is -2.87. The van der Waals surface area contributed by atoms with Gasteiger partial charge in [-0.15, -0.1) is 0 Å². The van der Waals surface area contributed by atoms with E-state index in [9.17, 15) is 22.4 Å². The minimum Gasteiger partial charge on any atom is -0.321 e. The van der Waals surface area contributed by atoms with Crippen molar-refractivity contribution in [1.82, 2.24) is 9.78 Å². The molecular weight excluding hydrogens is 386 g/mol. The molecule has 27 heavy (non-hydrogen) atoms. The van der Waals surface area contributed by atoms with Gasteiger partial charge in [-0.05, 0) is 17.7 Å². The van der Waals surface area contributed by atoms with Crippen molar-refractivity contribution in [1.29, 1.82) is 0 Å². The highest BCUT2D eigenvalue weighted by atomic mass is 35.5. The normalized spacial score (nSPS) is 11.5. The van der Waals surface area contributed by atoms with Gasteiger partial charge < -0.3 is 5.32 Å². The number of nitrogens with one attached hydrogen (secondary N) is 1. The molecule has 3 aromatic rings. The minimum atomic E-state index is -4.80. The highest BCUT2D eigenvalue weighted by Gasteiger charge is 2.39. The van der Waals surface area contributed by atoms with Crippen LogP contribution < -0.4 is 5.32 Å². The molecule has 3 rings (SSSR count). The van der Waals surface area contributed by atoms with Crippen molar-refractivity contribution in [2.24, 2.45) is 7.05 Å². The SMILES string of the molecule is Cn1cc(C(=O)Nc2cc(Cl)c(F)cc2-c2ccccc2)c(C(F)(F)F)n1. The number of hydrogen-bond acceptors (Lipinski definition) is 2. The molecule has 0 aliphatic heterocycles. The van der Waals surface area contributed by atoms with E-state index in [0.29, 0.717) is 5.56 Å². The molecular formula is C18H12ClF4N3O. The van der Waals surface area contributed by atoms with Gasteiger partial charge in [0.25, 0.3) is 5.91 Å². The van der Waals surface area contributed by atoms with E-state index < -0.39 is 29.2 Å². The molecule has 140 valence electrons. The highest BCUT2D eigenvalue weighted by Crippen LogP contribution is 2.34. The van der Waals surface area contributed by atoms with Crippen molar-refractivity contribution >= 4 is 23.2 Å². The summed E-state index contributed by atoms with van der Waals surface area (Å²) < 4.78 is 54.1. The smallest absolute Gasteiger partial charge is 0.321 e.